The first kappa shape index (κ1) is 20.6. The Morgan fingerprint density at radius 2 is 1.90 bits per heavy atom. The van der Waals surface area contributed by atoms with Crippen molar-refractivity contribution in [2.75, 3.05) is 31.6 Å². The molecule has 6 nitrogen and oxygen atoms in total. The largest absolute Gasteiger partial charge is 0.379 e. The molecule has 0 bridgehead atoms. The van der Waals surface area contributed by atoms with Crippen LogP contribution in [-0.2, 0) is 11.8 Å². The Morgan fingerprint density at radius 3 is 2.63 bits per heavy atom. The van der Waals surface area contributed by atoms with E-state index in [2.05, 4.69) is 21.6 Å². The third kappa shape index (κ3) is 4.56. The zero-order chi connectivity index (χ0) is 21.1. The van der Waals surface area contributed by atoms with Gasteiger partial charge in [0.05, 0.1) is 30.7 Å². The van der Waals surface area contributed by atoms with E-state index in [1.165, 1.54) is 18.3 Å². The molecule has 4 rings (SSSR count). The van der Waals surface area contributed by atoms with Gasteiger partial charge in [-0.2, -0.15) is 5.10 Å². The van der Waals surface area contributed by atoms with Gasteiger partial charge in [0.25, 0.3) is 5.91 Å². The molecule has 1 aromatic heterocycles. The number of benzene rings is 2. The van der Waals surface area contributed by atoms with Crippen LogP contribution >= 0.6 is 11.9 Å². The molecule has 1 aliphatic heterocycles. The summed E-state index contributed by atoms with van der Waals surface area (Å²) >= 11 is 1.68. The number of carbonyl (C=O) groups is 1. The molecule has 0 unspecified atom stereocenters. The minimum atomic E-state index is -0.322. The predicted octanol–water partition coefficient (Wildman–Crippen LogP) is 4.13. The Balaban J connectivity index is 1.54. The maximum atomic E-state index is 13.3. The summed E-state index contributed by atoms with van der Waals surface area (Å²) in [5.41, 5.74) is 3.68. The van der Waals surface area contributed by atoms with Crippen molar-refractivity contribution >= 4 is 23.5 Å². The maximum Gasteiger partial charge on any atom is 0.259 e. The number of ether oxygens (including phenoxy) is 1. The van der Waals surface area contributed by atoms with Gasteiger partial charge < -0.3 is 10.1 Å². The summed E-state index contributed by atoms with van der Waals surface area (Å²) in [4.78, 5) is 14.1. The SMILES string of the molecule is Cc1ccc(NC(=O)c2cnn(C)c2-c2ccc(F)cc2)cc1SN1CCOCC1. The van der Waals surface area contributed by atoms with Crippen LogP contribution in [0.1, 0.15) is 15.9 Å². The minimum absolute atomic E-state index is 0.256. The summed E-state index contributed by atoms with van der Waals surface area (Å²) in [6.07, 6.45) is 1.53. The summed E-state index contributed by atoms with van der Waals surface area (Å²) in [5.74, 6) is -0.578. The number of halogens is 1. The summed E-state index contributed by atoms with van der Waals surface area (Å²) in [5, 5.41) is 7.20. The van der Waals surface area contributed by atoms with E-state index in [1.54, 1.807) is 35.8 Å². The Kier molecular flexibility index (Phi) is 6.17. The monoisotopic (exact) mass is 426 g/mol. The summed E-state index contributed by atoms with van der Waals surface area (Å²) < 4.78 is 22.6. The van der Waals surface area contributed by atoms with Crippen molar-refractivity contribution in [2.45, 2.75) is 11.8 Å². The van der Waals surface area contributed by atoms with Crippen molar-refractivity contribution < 1.29 is 13.9 Å². The first-order valence-corrected chi connectivity index (χ1v) is 10.5. The molecule has 1 fully saturated rings. The van der Waals surface area contributed by atoms with E-state index in [-0.39, 0.29) is 11.7 Å². The van der Waals surface area contributed by atoms with Gasteiger partial charge in [0.2, 0.25) is 0 Å². The van der Waals surface area contributed by atoms with Crippen LogP contribution in [0.3, 0.4) is 0 Å². The molecular formula is C22H23FN4O2S. The number of aryl methyl sites for hydroxylation is 2. The molecule has 0 radical (unpaired) electrons. The molecule has 156 valence electrons. The normalized spacial score (nSPS) is 14.6. The Hall–Kier alpha value is -2.68. The number of amides is 1. The molecule has 1 aliphatic rings. The smallest absolute Gasteiger partial charge is 0.259 e. The quantitative estimate of drug-likeness (QED) is 0.622. The first-order valence-electron chi connectivity index (χ1n) is 9.72. The highest BCUT2D eigenvalue weighted by Gasteiger charge is 2.19. The van der Waals surface area contributed by atoms with E-state index >= 15 is 0 Å². The molecule has 1 N–H and O–H groups in total. The predicted molar refractivity (Wildman–Crippen MR) is 116 cm³/mol. The summed E-state index contributed by atoms with van der Waals surface area (Å²) in [7, 11) is 1.76. The number of aromatic nitrogens is 2. The fourth-order valence-electron chi connectivity index (χ4n) is 3.31. The maximum absolute atomic E-state index is 13.3. The van der Waals surface area contributed by atoms with E-state index in [0.717, 1.165) is 48.0 Å². The van der Waals surface area contributed by atoms with Gasteiger partial charge in [-0.15, -0.1) is 0 Å². The van der Waals surface area contributed by atoms with E-state index in [9.17, 15) is 9.18 Å². The van der Waals surface area contributed by atoms with Crippen LogP contribution in [0.4, 0.5) is 10.1 Å². The van der Waals surface area contributed by atoms with Gasteiger partial charge in [0.15, 0.2) is 0 Å². The minimum Gasteiger partial charge on any atom is -0.379 e. The molecular weight excluding hydrogens is 403 g/mol. The van der Waals surface area contributed by atoms with Crippen molar-refractivity contribution in [3.05, 3.63) is 65.6 Å². The van der Waals surface area contributed by atoms with E-state index in [4.69, 9.17) is 4.74 Å². The van der Waals surface area contributed by atoms with Gasteiger partial charge in [-0.1, -0.05) is 6.07 Å². The van der Waals surface area contributed by atoms with E-state index in [1.807, 2.05) is 18.2 Å². The van der Waals surface area contributed by atoms with Crippen molar-refractivity contribution in [1.82, 2.24) is 14.1 Å². The highest BCUT2D eigenvalue weighted by Crippen LogP contribution is 2.30. The van der Waals surface area contributed by atoms with Gasteiger partial charge in [0.1, 0.15) is 5.82 Å². The standard InChI is InChI=1S/C22H23FN4O2S/c1-15-3-8-18(13-20(15)30-27-9-11-29-12-10-27)25-22(28)19-14-24-26(2)21(19)16-4-6-17(23)7-5-16/h3-8,13-14H,9-12H2,1-2H3,(H,25,28). The fourth-order valence-corrected chi connectivity index (χ4v) is 4.31. The highest BCUT2D eigenvalue weighted by molar-refractivity contribution is 7.97. The number of hydrogen-bond acceptors (Lipinski definition) is 5. The number of rotatable bonds is 5. The number of carbonyl (C=O) groups excluding carboxylic acids is 1. The second kappa shape index (κ2) is 8.99. The molecule has 2 heterocycles. The highest BCUT2D eigenvalue weighted by atomic mass is 32.2. The lowest BCUT2D eigenvalue weighted by Crippen LogP contribution is -2.31. The average Bonchev–Trinajstić information content (AvgIpc) is 3.13. The van der Waals surface area contributed by atoms with Crippen molar-refractivity contribution in [2.24, 2.45) is 7.05 Å². The Morgan fingerprint density at radius 1 is 1.17 bits per heavy atom. The van der Waals surface area contributed by atoms with Crippen LogP contribution in [0.15, 0.2) is 53.6 Å². The van der Waals surface area contributed by atoms with E-state index < -0.39 is 0 Å². The molecule has 8 heteroatoms. The van der Waals surface area contributed by atoms with Crippen molar-refractivity contribution in [3.63, 3.8) is 0 Å². The molecule has 3 aromatic rings. The third-order valence-electron chi connectivity index (χ3n) is 4.94. The number of nitrogens with zero attached hydrogens (tertiary/aromatic N) is 3. The molecule has 30 heavy (non-hydrogen) atoms. The summed E-state index contributed by atoms with van der Waals surface area (Å²) in [6.45, 7) is 5.27. The van der Waals surface area contributed by atoms with Crippen LogP contribution < -0.4 is 5.32 Å². The molecule has 0 spiro atoms. The van der Waals surface area contributed by atoms with Gasteiger partial charge in [-0.25, -0.2) is 8.70 Å². The zero-order valence-electron chi connectivity index (χ0n) is 16.9. The molecule has 0 atom stereocenters. The number of morpholine rings is 1. The molecule has 0 aliphatic carbocycles. The number of hydrogen-bond donors (Lipinski definition) is 1. The molecule has 0 saturated carbocycles. The second-order valence-corrected chi connectivity index (χ2v) is 8.24. The number of nitrogens with one attached hydrogen (secondary N) is 1. The third-order valence-corrected chi connectivity index (χ3v) is 6.20. The molecule has 2 aromatic carbocycles. The van der Waals surface area contributed by atoms with Gasteiger partial charge in [0, 0.05) is 36.3 Å². The van der Waals surface area contributed by atoms with Gasteiger partial charge in [-0.05, 0) is 60.8 Å². The average molecular weight is 427 g/mol. The Labute approximate surface area is 179 Å². The zero-order valence-corrected chi connectivity index (χ0v) is 17.7. The topological polar surface area (TPSA) is 59.4 Å². The van der Waals surface area contributed by atoms with Crippen LogP contribution in [0.5, 0.6) is 0 Å². The lowest BCUT2D eigenvalue weighted by Gasteiger charge is -2.26. The van der Waals surface area contributed by atoms with Crippen LogP contribution in [0.25, 0.3) is 11.3 Å². The van der Waals surface area contributed by atoms with Crippen molar-refractivity contribution in [3.8, 4) is 11.3 Å². The lowest BCUT2D eigenvalue weighted by molar-refractivity contribution is 0.0773. The second-order valence-electron chi connectivity index (χ2n) is 7.10. The van der Waals surface area contributed by atoms with Gasteiger partial charge in [-0.3, -0.25) is 9.48 Å². The van der Waals surface area contributed by atoms with Crippen LogP contribution in [0.2, 0.25) is 0 Å². The van der Waals surface area contributed by atoms with Gasteiger partial charge >= 0.3 is 0 Å². The van der Waals surface area contributed by atoms with Crippen LogP contribution in [-0.4, -0.2) is 46.3 Å². The van der Waals surface area contributed by atoms with Crippen molar-refractivity contribution in [1.29, 1.82) is 0 Å². The summed E-state index contributed by atoms with van der Waals surface area (Å²) in [6, 6.07) is 11.9. The first-order chi connectivity index (χ1) is 14.5. The fraction of sp³-hybridized carbons (Fsp3) is 0.273. The number of anilines is 1. The Bertz CT molecular complexity index is 1050. The molecule has 1 amide bonds. The lowest BCUT2D eigenvalue weighted by atomic mass is 10.1. The van der Waals surface area contributed by atoms with Crippen LogP contribution in [0, 0.1) is 12.7 Å². The van der Waals surface area contributed by atoms with E-state index in [0.29, 0.717) is 11.3 Å². The molecule has 1 saturated heterocycles.